The first kappa shape index (κ1) is 9.84. The molecule has 0 spiro atoms. The van der Waals surface area contributed by atoms with E-state index in [-0.39, 0.29) is 5.82 Å². The lowest BCUT2D eigenvalue weighted by molar-refractivity contribution is 0.628. The zero-order valence-corrected chi connectivity index (χ0v) is 8.97. The number of hydrogen-bond donors (Lipinski definition) is 1. The van der Waals surface area contributed by atoms with Crippen LogP contribution in [0.5, 0.6) is 0 Å². The van der Waals surface area contributed by atoms with Crippen LogP contribution in [0.15, 0.2) is 48.7 Å². The van der Waals surface area contributed by atoms with Gasteiger partial charge in [-0.15, -0.1) is 0 Å². The van der Waals surface area contributed by atoms with E-state index in [0.29, 0.717) is 17.1 Å². The van der Waals surface area contributed by atoms with E-state index in [2.05, 4.69) is 4.98 Å². The predicted molar refractivity (Wildman–Crippen MR) is 65.0 cm³/mol. The van der Waals surface area contributed by atoms with E-state index in [1.807, 2.05) is 24.4 Å². The highest BCUT2D eigenvalue weighted by molar-refractivity contribution is 5.74. The minimum Gasteiger partial charge on any atom is -0.383 e. The van der Waals surface area contributed by atoms with Gasteiger partial charge in [-0.05, 0) is 24.3 Å². The Balaban J connectivity index is 2.27. The molecular formula is C13H10FN3. The van der Waals surface area contributed by atoms with E-state index < -0.39 is 0 Å². The Kier molecular flexibility index (Phi) is 2.08. The molecular weight excluding hydrogens is 217 g/mol. The number of rotatable bonds is 1. The Labute approximate surface area is 97.3 Å². The molecule has 0 aliphatic carbocycles. The maximum atomic E-state index is 13.2. The van der Waals surface area contributed by atoms with Crippen molar-refractivity contribution in [2.45, 2.75) is 0 Å². The second-order valence-corrected chi connectivity index (χ2v) is 3.78. The Morgan fingerprint density at radius 3 is 2.76 bits per heavy atom. The molecule has 0 amide bonds. The van der Waals surface area contributed by atoms with Gasteiger partial charge < -0.3 is 5.73 Å². The summed E-state index contributed by atoms with van der Waals surface area (Å²) in [4.78, 5) is 4.39. The molecule has 17 heavy (non-hydrogen) atoms. The number of aromatic nitrogens is 2. The van der Waals surface area contributed by atoms with Crippen LogP contribution in [0, 0.1) is 5.82 Å². The highest BCUT2D eigenvalue weighted by atomic mass is 19.1. The van der Waals surface area contributed by atoms with Crippen molar-refractivity contribution in [3.05, 3.63) is 54.5 Å². The first-order chi connectivity index (χ1) is 8.25. The maximum Gasteiger partial charge on any atom is 0.139 e. The van der Waals surface area contributed by atoms with Gasteiger partial charge in [-0.1, -0.05) is 18.2 Å². The lowest BCUT2D eigenvalue weighted by atomic mass is 10.1. The molecule has 0 saturated heterocycles. The van der Waals surface area contributed by atoms with Crippen LogP contribution in [0.1, 0.15) is 0 Å². The number of nitrogen functional groups attached to an aromatic ring is 1. The standard InChI is InChI=1S/C13H10FN3/c14-10-5-3-4-9(8-10)12-13(15)17-7-2-1-6-11(17)16-12/h1-8H,15H2. The maximum absolute atomic E-state index is 13.2. The summed E-state index contributed by atoms with van der Waals surface area (Å²) in [5.74, 6) is 0.227. The normalized spacial score (nSPS) is 10.9. The van der Waals surface area contributed by atoms with E-state index in [1.165, 1.54) is 12.1 Å². The highest BCUT2D eigenvalue weighted by Gasteiger charge is 2.10. The fraction of sp³-hybridized carbons (Fsp3) is 0. The smallest absolute Gasteiger partial charge is 0.139 e. The van der Waals surface area contributed by atoms with Gasteiger partial charge in [0.05, 0.1) is 0 Å². The Bertz CT molecular complexity index is 688. The summed E-state index contributed by atoms with van der Waals surface area (Å²) in [5, 5.41) is 0. The molecule has 3 aromatic rings. The number of anilines is 1. The topological polar surface area (TPSA) is 43.3 Å². The van der Waals surface area contributed by atoms with Crippen molar-refractivity contribution in [3.8, 4) is 11.3 Å². The van der Waals surface area contributed by atoms with Crippen molar-refractivity contribution in [1.82, 2.24) is 9.38 Å². The monoisotopic (exact) mass is 227 g/mol. The SMILES string of the molecule is Nc1c(-c2cccc(F)c2)nc2ccccn12. The van der Waals surface area contributed by atoms with Crippen LogP contribution in [0.3, 0.4) is 0 Å². The average Bonchev–Trinajstić information content (AvgIpc) is 2.68. The van der Waals surface area contributed by atoms with Gasteiger partial charge in [0, 0.05) is 11.8 Å². The van der Waals surface area contributed by atoms with Crippen LogP contribution in [0.2, 0.25) is 0 Å². The van der Waals surface area contributed by atoms with Gasteiger partial charge >= 0.3 is 0 Å². The summed E-state index contributed by atoms with van der Waals surface area (Å²) >= 11 is 0. The molecule has 0 aliphatic heterocycles. The van der Waals surface area contributed by atoms with E-state index in [1.54, 1.807) is 16.5 Å². The second-order valence-electron chi connectivity index (χ2n) is 3.78. The minimum absolute atomic E-state index is 0.293. The lowest BCUT2D eigenvalue weighted by Crippen LogP contribution is -1.93. The van der Waals surface area contributed by atoms with Gasteiger partial charge in [-0.2, -0.15) is 0 Å². The van der Waals surface area contributed by atoms with E-state index >= 15 is 0 Å². The molecule has 0 fully saturated rings. The van der Waals surface area contributed by atoms with Gasteiger partial charge in [-0.25, -0.2) is 9.37 Å². The number of nitrogens with two attached hydrogens (primary N) is 1. The van der Waals surface area contributed by atoms with Crippen molar-refractivity contribution < 1.29 is 4.39 Å². The van der Waals surface area contributed by atoms with Crippen molar-refractivity contribution in [3.63, 3.8) is 0 Å². The summed E-state index contributed by atoms with van der Waals surface area (Å²) in [6.07, 6.45) is 1.83. The molecule has 0 aliphatic rings. The van der Waals surface area contributed by atoms with Gasteiger partial charge in [0.25, 0.3) is 0 Å². The second kappa shape index (κ2) is 3.59. The third kappa shape index (κ3) is 1.54. The molecule has 0 saturated carbocycles. The molecule has 3 rings (SSSR count). The first-order valence-electron chi connectivity index (χ1n) is 5.24. The number of nitrogens with zero attached hydrogens (tertiary/aromatic N) is 2. The lowest BCUT2D eigenvalue weighted by Gasteiger charge is -1.99. The van der Waals surface area contributed by atoms with Crippen LogP contribution in [0.4, 0.5) is 10.2 Å². The molecule has 0 bridgehead atoms. The van der Waals surface area contributed by atoms with E-state index in [9.17, 15) is 4.39 Å². The van der Waals surface area contributed by atoms with Crippen molar-refractivity contribution in [1.29, 1.82) is 0 Å². The van der Waals surface area contributed by atoms with Crippen LogP contribution >= 0.6 is 0 Å². The van der Waals surface area contributed by atoms with Crippen LogP contribution in [0.25, 0.3) is 16.9 Å². The van der Waals surface area contributed by atoms with Gasteiger partial charge in [0.2, 0.25) is 0 Å². The Hall–Kier alpha value is -2.36. The fourth-order valence-electron chi connectivity index (χ4n) is 1.86. The summed E-state index contributed by atoms with van der Waals surface area (Å²) < 4.78 is 14.9. The number of benzene rings is 1. The average molecular weight is 227 g/mol. The number of halogens is 1. The number of hydrogen-bond acceptors (Lipinski definition) is 2. The summed E-state index contributed by atoms with van der Waals surface area (Å²) in [6, 6.07) is 11.9. The Morgan fingerprint density at radius 2 is 2.00 bits per heavy atom. The zero-order chi connectivity index (χ0) is 11.8. The first-order valence-corrected chi connectivity index (χ1v) is 5.24. The van der Waals surface area contributed by atoms with Gasteiger partial charge in [0.15, 0.2) is 0 Å². The highest BCUT2D eigenvalue weighted by Crippen LogP contribution is 2.26. The zero-order valence-electron chi connectivity index (χ0n) is 8.97. The molecule has 3 nitrogen and oxygen atoms in total. The molecule has 2 N–H and O–H groups in total. The third-order valence-corrected chi connectivity index (χ3v) is 2.66. The quantitative estimate of drug-likeness (QED) is 0.694. The molecule has 1 aromatic carbocycles. The van der Waals surface area contributed by atoms with Crippen molar-refractivity contribution in [2.75, 3.05) is 5.73 Å². The molecule has 0 unspecified atom stereocenters. The van der Waals surface area contributed by atoms with Gasteiger partial charge in [0.1, 0.15) is 23.0 Å². The fourth-order valence-corrected chi connectivity index (χ4v) is 1.86. The summed E-state index contributed by atoms with van der Waals surface area (Å²) in [5.41, 5.74) is 8.05. The molecule has 84 valence electrons. The third-order valence-electron chi connectivity index (χ3n) is 2.66. The van der Waals surface area contributed by atoms with E-state index in [0.717, 1.165) is 5.65 Å². The van der Waals surface area contributed by atoms with Crippen LogP contribution in [-0.4, -0.2) is 9.38 Å². The van der Waals surface area contributed by atoms with Crippen LogP contribution in [-0.2, 0) is 0 Å². The van der Waals surface area contributed by atoms with Gasteiger partial charge in [-0.3, -0.25) is 4.40 Å². The minimum atomic E-state index is -0.293. The molecule has 0 atom stereocenters. The van der Waals surface area contributed by atoms with Crippen molar-refractivity contribution >= 4 is 11.5 Å². The van der Waals surface area contributed by atoms with Crippen molar-refractivity contribution in [2.24, 2.45) is 0 Å². The van der Waals surface area contributed by atoms with E-state index in [4.69, 9.17) is 5.73 Å². The number of imidazole rings is 1. The summed E-state index contributed by atoms with van der Waals surface area (Å²) in [6.45, 7) is 0. The molecule has 2 aromatic heterocycles. The summed E-state index contributed by atoms with van der Waals surface area (Å²) in [7, 11) is 0. The predicted octanol–water partition coefficient (Wildman–Crippen LogP) is 2.72. The van der Waals surface area contributed by atoms with Crippen LogP contribution < -0.4 is 5.73 Å². The molecule has 2 heterocycles. The Morgan fingerprint density at radius 1 is 1.12 bits per heavy atom. The largest absolute Gasteiger partial charge is 0.383 e. The molecule has 4 heteroatoms. The number of pyridine rings is 1. The number of fused-ring (bicyclic) bond motifs is 1. The molecule has 0 radical (unpaired) electrons.